The number of hydrogen-bond acceptors (Lipinski definition) is 5. The summed E-state index contributed by atoms with van der Waals surface area (Å²) < 4.78 is 0. The molecule has 0 saturated heterocycles. The highest BCUT2D eigenvalue weighted by Gasteiger charge is 2.16. The molecule has 0 atom stereocenters. The Bertz CT molecular complexity index is 1150. The zero-order valence-corrected chi connectivity index (χ0v) is 15.1. The van der Waals surface area contributed by atoms with E-state index in [1.165, 1.54) is 36.5 Å². The minimum Gasteiger partial charge on any atom is -0.399 e. The maximum atomic E-state index is 12.7. The molecule has 4 N–H and O–H groups in total. The van der Waals surface area contributed by atoms with Gasteiger partial charge in [-0.15, -0.1) is 6.42 Å². The van der Waals surface area contributed by atoms with Crippen molar-refractivity contribution in [3.8, 4) is 18.4 Å². The minimum atomic E-state index is -0.492. The number of terminal acetylenes is 1. The van der Waals surface area contributed by atoms with Gasteiger partial charge < -0.3 is 16.4 Å². The van der Waals surface area contributed by atoms with Gasteiger partial charge in [0.1, 0.15) is 5.82 Å². The number of nitrogens with one attached hydrogen (secondary N) is 2. The molecule has 29 heavy (non-hydrogen) atoms. The summed E-state index contributed by atoms with van der Waals surface area (Å²) in [6.45, 7) is 0. The Morgan fingerprint density at radius 2 is 1.69 bits per heavy atom. The van der Waals surface area contributed by atoms with Crippen molar-refractivity contribution in [1.82, 2.24) is 4.98 Å². The van der Waals surface area contributed by atoms with Crippen LogP contribution in [-0.4, -0.2) is 16.8 Å². The molecule has 0 aliphatic rings. The molecule has 0 fully saturated rings. The van der Waals surface area contributed by atoms with Gasteiger partial charge in [-0.1, -0.05) is 5.92 Å². The van der Waals surface area contributed by atoms with Gasteiger partial charge in [-0.05, 0) is 54.6 Å². The molecule has 0 spiro atoms. The van der Waals surface area contributed by atoms with Crippen molar-refractivity contribution in [3.63, 3.8) is 0 Å². The van der Waals surface area contributed by atoms with Gasteiger partial charge in [0.2, 0.25) is 0 Å². The lowest BCUT2D eigenvalue weighted by molar-refractivity contribution is 0.102. The second-order valence-electron chi connectivity index (χ2n) is 5.98. The predicted octanol–water partition coefficient (Wildman–Crippen LogP) is 3.02. The van der Waals surface area contributed by atoms with Crippen molar-refractivity contribution in [3.05, 3.63) is 83.0 Å². The van der Waals surface area contributed by atoms with Crippen LogP contribution in [0.1, 0.15) is 31.8 Å². The van der Waals surface area contributed by atoms with Crippen LogP contribution in [0, 0.1) is 23.7 Å². The molecule has 7 nitrogen and oxygen atoms in total. The molecule has 1 heterocycles. The molecule has 1 aromatic heterocycles. The van der Waals surface area contributed by atoms with Gasteiger partial charge in [-0.25, -0.2) is 4.98 Å². The molecule has 0 radical (unpaired) electrons. The van der Waals surface area contributed by atoms with Crippen molar-refractivity contribution in [2.24, 2.45) is 0 Å². The number of aromatic nitrogens is 1. The lowest BCUT2D eigenvalue weighted by atomic mass is 10.1. The summed E-state index contributed by atoms with van der Waals surface area (Å²) in [5.74, 6) is 1.83. The smallest absolute Gasteiger partial charge is 0.259 e. The Kier molecular flexibility index (Phi) is 5.53. The number of nitriles is 1. The highest BCUT2D eigenvalue weighted by molar-refractivity contribution is 6.12. The molecule has 140 valence electrons. The predicted molar refractivity (Wildman–Crippen MR) is 110 cm³/mol. The highest BCUT2D eigenvalue weighted by Crippen LogP contribution is 2.21. The SMILES string of the molecule is C#Cc1ccc(NC(=O)c2cc(N)ccc2NC(=O)c2ccc(C#N)cc2)nc1. The van der Waals surface area contributed by atoms with Crippen molar-refractivity contribution >= 4 is 29.0 Å². The second-order valence-corrected chi connectivity index (χ2v) is 5.98. The summed E-state index contributed by atoms with van der Waals surface area (Å²) in [4.78, 5) is 29.3. The largest absolute Gasteiger partial charge is 0.399 e. The molecule has 3 aromatic rings. The van der Waals surface area contributed by atoms with E-state index in [0.29, 0.717) is 28.2 Å². The summed E-state index contributed by atoms with van der Waals surface area (Å²) in [6.07, 6.45) is 6.75. The molecule has 2 aromatic carbocycles. The van der Waals surface area contributed by atoms with Crippen molar-refractivity contribution in [2.45, 2.75) is 0 Å². The van der Waals surface area contributed by atoms with Gasteiger partial charge in [0.15, 0.2) is 0 Å². The van der Waals surface area contributed by atoms with E-state index in [1.807, 2.05) is 6.07 Å². The molecular formula is C22H15N5O2. The lowest BCUT2D eigenvalue weighted by Crippen LogP contribution is -2.19. The fraction of sp³-hybridized carbons (Fsp3) is 0. The normalized spacial score (nSPS) is 9.72. The number of carbonyl (C=O) groups is 2. The zero-order valence-electron chi connectivity index (χ0n) is 15.1. The van der Waals surface area contributed by atoms with Gasteiger partial charge in [0.25, 0.3) is 11.8 Å². The van der Waals surface area contributed by atoms with E-state index in [-0.39, 0.29) is 11.3 Å². The average Bonchev–Trinajstić information content (AvgIpc) is 2.75. The van der Waals surface area contributed by atoms with Crippen molar-refractivity contribution in [1.29, 1.82) is 5.26 Å². The first-order valence-corrected chi connectivity index (χ1v) is 8.45. The van der Waals surface area contributed by atoms with E-state index < -0.39 is 11.8 Å². The summed E-state index contributed by atoms with van der Waals surface area (Å²) in [7, 11) is 0. The number of benzene rings is 2. The van der Waals surface area contributed by atoms with E-state index in [4.69, 9.17) is 17.4 Å². The summed E-state index contributed by atoms with van der Waals surface area (Å²) >= 11 is 0. The van der Waals surface area contributed by atoms with Gasteiger partial charge >= 0.3 is 0 Å². The van der Waals surface area contributed by atoms with Crippen LogP contribution in [0.4, 0.5) is 17.2 Å². The first-order chi connectivity index (χ1) is 14.0. The number of nitrogens with zero attached hydrogens (tertiary/aromatic N) is 2. The van der Waals surface area contributed by atoms with Crippen LogP contribution < -0.4 is 16.4 Å². The Morgan fingerprint density at radius 3 is 2.31 bits per heavy atom. The molecule has 3 rings (SSSR count). The fourth-order valence-corrected chi connectivity index (χ4v) is 2.49. The first-order valence-electron chi connectivity index (χ1n) is 8.45. The molecule has 0 unspecified atom stereocenters. The lowest BCUT2D eigenvalue weighted by Gasteiger charge is -2.12. The van der Waals surface area contributed by atoms with Crippen LogP contribution in [0.15, 0.2) is 60.8 Å². The van der Waals surface area contributed by atoms with Gasteiger partial charge in [-0.2, -0.15) is 5.26 Å². The molecule has 2 amide bonds. The number of carbonyl (C=O) groups excluding carboxylic acids is 2. The maximum absolute atomic E-state index is 12.7. The molecule has 0 bridgehead atoms. The van der Waals surface area contributed by atoms with Crippen LogP contribution >= 0.6 is 0 Å². The molecular weight excluding hydrogens is 366 g/mol. The topological polar surface area (TPSA) is 121 Å². The molecule has 0 aliphatic carbocycles. The van der Waals surface area contributed by atoms with Gasteiger partial charge in [0.05, 0.1) is 22.9 Å². The van der Waals surface area contributed by atoms with Crippen LogP contribution in [-0.2, 0) is 0 Å². The fourth-order valence-electron chi connectivity index (χ4n) is 2.49. The number of amides is 2. The van der Waals surface area contributed by atoms with E-state index in [0.717, 1.165) is 0 Å². The quantitative estimate of drug-likeness (QED) is 0.474. The monoisotopic (exact) mass is 381 g/mol. The maximum Gasteiger partial charge on any atom is 0.259 e. The molecule has 7 heteroatoms. The number of rotatable bonds is 4. The Hall–Kier alpha value is -4.62. The van der Waals surface area contributed by atoms with Crippen LogP contribution in [0.3, 0.4) is 0 Å². The highest BCUT2D eigenvalue weighted by atomic mass is 16.2. The van der Waals surface area contributed by atoms with Crippen molar-refractivity contribution in [2.75, 3.05) is 16.4 Å². The third-order valence-electron chi connectivity index (χ3n) is 3.98. The van der Waals surface area contributed by atoms with Gasteiger partial charge in [0, 0.05) is 23.0 Å². The number of pyridine rings is 1. The number of nitrogen functional groups attached to an aromatic ring is 1. The Morgan fingerprint density at radius 1 is 0.966 bits per heavy atom. The molecule has 0 saturated carbocycles. The first kappa shape index (κ1) is 19.2. The molecule has 0 aliphatic heterocycles. The Labute approximate surface area is 167 Å². The summed E-state index contributed by atoms with van der Waals surface area (Å²) in [5.41, 5.74) is 8.01. The minimum absolute atomic E-state index is 0.176. The van der Waals surface area contributed by atoms with Crippen LogP contribution in [0.25, 0.3) is 0 Å². The number of hydrogen-bond donors (Lipinski definition) is 3. The zero-order chi connectivity index (χ0) is 20.8. The second kappa shape index (κ2) is 8.38. The van der Waals surface area contributed by atoms with E-state index in [2.05, 4.69) is 21.5 Å². The van der Waals surface area contributed by atoms with Crippen LogP contribution in [0.5, 0.6) is 0 Å². The third kappa shape index (κ3) is 4.57. The van der Waals surface area contributed by atoms with E-state index in [1.54, 1.807) is 24.3 Å². The van der Waals surface area contributed by atoms with Crippen LogP contribution in [0.2, 0.25) is 0 Å². The standard InChI is InChI=1S/C22H15N5O2/c1-2-14-5-10-20(25-13-14)27-22(29)18-11-17(24)8-9-19(18)26-21(28)16-6-3-15(12-23)4-7-16/h1,3-11,13H,24H2,(H,26,28)(H,25,27,29). The van der Waals surface area contributed by atoms with Crippen molar-refractivity contribution < 1.29 is 9.59 Å². The third-order valence-corrected chi connectivity index (χ3v) is 3.98. The Balaban J connectivity index is 1.82. The number of nitrogens with two attached hydrogens (primary N) is 1. The van der Waals surface area contributed by atoms with Gasteiger partial charge in [-0.3, -0.25) is 9.59 Å². The van der Waals surface area contributed by atoms with E-state index in [9.17, 15) is 9.59 Å². The summed E-state index contributed by atoms with van der Waals surface area (Å²) in [5, 5.41) is 14.2. The number of anilines is 3. The summed E-state index contributed by atoms with van der Waals surface area (Å²) in [6, 6.07) is 15.9. The average molecular weight is 381 g/mol. The van der Waals surface area contributed by atoms with E-state index >= 15 is 0 Å².